The zero-order chi connectivity index (χ0) is 11.9. The Morgan fingerprint density at radius 2 is 2.00 bits per heavy atom. The Morgan fingerprint density at radius 1 is 1.40 bits per heavy atom. The first-order valence-corrected chi connectivity index (χ1v) is 6.65. The monoisotopic (exact) mass is 235 g/mol. The Bertz CT molecular complexity index is 278. The second kappa shape index (κ2) is 7.08. The molecule has 0 heterocycles. The van der Waals surface area contributed by atoms with Gasteiger partial charge in [0.1, 0.15) is 0 Å². The van der Waals surface area contributed by atoms with Gasteiger partial charge in [0, 0.05) is 0 Å². The van der Waals surface area contributed by atoms with Crippen molar-refractivity contribution in [2.24, 2.45) is 5.92 Å². The third kappa shape index (κ3) is 7.64. The second-order valence-electron chi connectivity index (χ2n) is 3.93. The summed E-state index contributed by atoms with van der Waals surface area (Å²) < 4.78 is 31.7. The summed E-state index contributed by atoms with van der Waals surface area (Å²) in [7, 11) is -3.58. The van der Waals surface area contributed by atoms with Gasteiger partial charge in [-0.15, -0.1) is 0 Å². The van der Waals surface area contributed by atoms with Crippen LogP contribution in [-0.2, 0) is 14.4 Å². The van der Waals surface area contributed by atoms with Gasteiger partial charge in [0.2, 0.25) is 0 Å². The van der Waals surface area contributed by atoms with Crippen molar-refractivity contribution in [1.82, 2.24) is 5.32 Å². The molecule has 2 N–H and O–H groups in total. The summed E-state index contributed by atoms with van der Waals surface area (Å²) in [6.07, 6.45) is 0.739. The van der Waals surface area contributed by atoms with Crippen LogP contribution >= 0.6 is 0 Å². The van der Waals surface area contributed by atoms with Gasteiger partial charge in [-0.1, -0.05) is 0 Å². The van der Waals surface area contributed by atoms with E-state index in [1.807, 2.05) is 13.8 Å². The molecular formula is C8H18BNO4S. The zero-order valence-electron chi connectivity index (χ0n) is 9.14. The van der Waals surface area contributed by atoms with Crippen LogP contribution in [0.1, 0.15) is 20.3 Å². The molecule has 7 heteroatoms. The molecule has 0 aromatic carbocycles. The molecule has 0 saturated carbocycles. The fourth-order valence-corrected chi connectivity index (χ4v) is 1.74. The first-order chi connectivity index (χ1) is 6.91. The summed E-state index contributed by atoms with van der Waals surface area (Å²) >= 11 is 0. The molecule has 0 aromatic rings. The van der Waals surface area contributed by atoms with E-state index in [1.165, 1.54) is 0 Å². The van der Waals surface area contributed by atoms with Gasteiger partial charge in [0.15, 0.2) is 0 Å². The van der Waals surface area contributed by atoms with E-state index in [0.717, 1.165) is 6.42 Å². The molecule has 0 fully saturated rings. The third-order valence-corrected chi connectivity index (χ3v) is 3.01. The van der Waals surface area contributed by atoms with Crippen LogP contribution in [0, 0.1) is 5.92 Å². The third-order valence-electron chi connectivity index (χ3n) is 1.94. The predicted octanol–water partition coefficient (Wildman–Crippen LogP) is -0.637. The maximum atomic E-state index is 10.8. The number of hydrogen-bond acceptors (Lipinski definition) is 5. The van der Waals surface area contributed by atoms with E-state index in [0.29, 0.717) is 5.92 Å². The molecule has 0 aliphatic rings. The summed E-state index contributed by atoms with van der Waals surface area (Å²) in [4.78, 5) is 0. The fraction of sp³-hybridized carbons (Fsp3) is 1.00. The Morgan fingerprint density at radius 3 is 2.40 bits per heavy atom. The summed E-state index contributed by atoms with van der Waals surface area (Å²) in [6, 6.07) is -0.105. The average molecular weight is 235 g/mol. The van der Waals surface area contributed by atoms with Crippen LogP contribution in [0.2, 0.25) is 0 Å². The van der Waals surface area contributed by atoms with E-state index in [-0.39, 0.29) is 31.4 Å². The van der Waals surface area contributed by atoms with Crippen LogP contribution in [0.25, 0.3) is 0 Å². The topological polar surface area (TPSA) is 83.5 Å². The molecule has 0 aromatic heterocycles. The molecule has 0 aliphatic heterocycles. The molecule has 15 heavy (non-hydrogen) atoms. The van der Waals surface area contributed by atoms with Crippen molar-refractivity contribution < 1.29 is 18.2 Å². The number of rotatable bonds is 8. The quantitative estimate of drug-likeness (QED) is 0.547. The number of nitrogens with one attached hydrogen (secondary N) is 1. The molecule has 1 unspecified atom stereocenters. The van der Waals surface area contributed by atoms with Crippen molar-refractivity contribution in [3.63, 3.8) is 0 Å². The zero-order valence-corrected chi connectivity index (χ0v) is 9.96. The van der Waals surface area contributed by atoms with E-state index >= 15 is 0 Å². The van der Waals surface area contributed by atoms with Crippen molar-refractivity contribution >= 4 is 16.1 Å². The molecule has 0 spiro atoms. The van der Waals surface area contributed by atoms with Gasteiger partial charge in [-0.05, 0) is 0 Å². The SMILES string of the molecule is CC(C)CC(CO)NCCS(=O)(=O)B=O. The van der Waals surface area contributed by atoms with Crippen LogP contribution in [0.4, 0.5) is 0 Å². The molecule has 0 radical (unpaired) electrons. The van der Waals surface area contributed by atoms with Crippen LogP contribution in [0.3, 0.4) is 0 Å². The molecule has 1 atom stereocenters. The van der Waals surface area contributed by atoms with Gasteiger partial charge >= 0.3 is 90.8 Å². The van der Waals surface area contributed by atoms with Crippen molar-refractivity contribution in [1.29, 1.82) is 0 Å². The molecule has 0 rings (SSSR count). The maximum absolute atomic E-state index is 10.8. The number of aliphatic hydroxyl groups excluding tert-OH is 1. The van der Waals surface area contributed by atoms with E-state index in [4.69, 9.17) is 5.11 Å². The summed E-state index contributed by atoms with van der Waals surface area (Å²) in [5.74, 6) is 0.211. The van der Waals surface area contributed by atoms with E-state index in [9.17, 15) is 13.1 Å². The van der Waals surface area contributed by atoms with Crippen LogP contribution in [0.5, 0.6) is 0 Å². The Labute approximate surface area is 91.3 Å². The minimum absolute atomic E-state index is 0.0285. The van der Waals surface area contributed by atoms with Crippen LogP contribution < -0.4 is 5.32 Å². The second-order valence-corrected chi connectivity index (χ2v) is 5.85. The van der Waals surface area contributed by atoms with Gasteiger partial charge in [-0.3, -0.25) is 0 Å². The summed E-state index contributed by atoms with van der Waals surface area (Å²) in [6.45, 7) is 4.21. The predicted molar refractivity (Wildman–Crippen MR) is 58.6 cm³/mol. The van der Waals surface area contributed by atoms with E-state index in [1.54, 1.807) is 0 Å². The van der Waals surface area contributed by atoms with Gasteiger partial charge in [0.05, 0.1) is 0 Å². The molecule has 0 bridgehead atoms. The standard InChI is InChI=1S/C8H18BNO4S/c1-7(2)5-8(6-11)10-3-4-15(13,14)9-12/h7-8,10-11H,3-6H2,1-2H3. The van der Waals surface area contributed by atoms with Crippen molar-refractivity contribution in [2.75, 3.05) is 18.9 Å². The van der Waals surface area contributed by atoms with Crippen molar-refractivity contribution in [3.8, 4) is 0 Å². The Kier molecular flexibility index (Phi) is 6.96. The Hall–Kier alpha value is -0.265. The molecule has 0 aliphatic carbocycles. The average Bonchev–Trinajstić information content (AvgIpc) is 2.15. The normalized spacial score (nSPS) is 13.9. The van der Waals surface area contributed by atoms with Crippen LogP contribution in [-0.4, -0.2) is 44.9 Å². The van der Waals surface area contributed by atoms with Gasteiger partial charge in [-0.2, -0.15) is 0 Å². The molecular weight excluding hydrogens is 217 g/mol. The first kappa shape index (κ1) is 14.7. The van der Waals surface area contributed by atoms with E-state index in [2.05, 4.69) is 5.32 Å². The minimum atomic E-state index is -3.58. The fourth-order valence-electron chi connectivity index (χ4n) is 1.24. The van der Waals surface area contributed by atoms with Gasteiger partial charge < -0.3 is 0 Å². The van der Waals surface area contributed by atoms with Crippen molar-refractivity contribution in [3.05, 3.63) is 0 Å². The molecule has 88 valence electrons. The molecule has 0 saturated heterocycles. The van der Waals surface area contributed by atoms with Gasteiger partial charge in [-0.25, -0.2) is 0 Å². The van der Waals surface area contributed by atoms with Crippen molar-refractivity contribution in [2.45, 2.75) is 26.3 Å². The molecule has 0 amide bonds. The van der Waals surface area contributed by atoms with Gasteiger partial charge in [0.25, 0.3) is 0 Å². The summed E-state index contributed by atoms with van der Waals surface area (Å²) in [5, 5.41) is 11.9. The summed E-state index contributed by atoms with van der Waals surface area (Å²) in [5.41, 5.74) is 0. The van der Waals surface area contributed by atoms with Crippen LogP contribution in [0.15, 0.2) is 0 Å². The van der Waals surface area contributed by atoms with E-state index < -0.39 is 9.69 Å². The number of hydrogen-bond donors (Lipinski definition) is 2. The molecule has 5 nitrogen and oxygen atoms in total. The Balaban J connectivity index is 3.87. The number of aliphatic hydroxyl groups is 1. The first-order valence-electron chi connectivity index (χ1n) is 4.93.